The summed E-state index contributed by atoms with van der Waals surface area (Å²) in [7, 11) is 0. The van der Waals surface area contributed by atoms with Gasteiger partial charge in [-0.1, -0.05) is 12.1 Å². The zero-order valence-corrected chi connectivity index (χ0v) is 15.2. The number of carbonyl (C=O) groups excluding carboxylic acids is 1. The summed E-state index contributed by atoms with van der Waals surface area (Å²) in [6.07, 6.45) is 2.03. The number of alkyl halides is 2. The maximum Gasteiger partial charge on any atom is 0.306 e. The van der Waals surface area contributed by atoms with Crippen LogP contribution in [0.2, 0.25) is 0 Å². The number of benzene rings is 1. The van der Waals surface area contributed by atoms with Crippen molar-refractivity contribution in [3.63, 3.8) is 0 Å². The van der Waals surface area contributed by atoms with Crippen molar-refractivity contribution in [1.82, 2.24) is 0 Å². The Morgan fingerprint density at radius 1 is 1.23 bits per heavy atom. The van der Waals surface area contributed by atoms with Crippen LogP contribution in [0.15, 0.2) is 24.3 Å². The van der Waals surface area contributed by atoms with Crippen molar-refractivity contribution in [2.45, 2.75) is 31.6 Å². The number of hydrogen-bond donors (Lipinski definition) is 1. The number of halogens is 2. The maximum absolute atomic E-state index is 11.4. The fourth-order valence-corrected chi connectivity index (χ4v) is 2.66. The number of anilines is 1. The highest BCUT2D eigenvalue weighted by atomic mass is 35.5. The maximum atomic E-state index is 11.4. The fourth-order valence-electron chi connectivity index (χ4n) is 2.13. The molecule has 1 atom stereocenters. The van der Waals surface area contributed by atoms with Gasteiger partial charge < -0.3 is 9.64 Å². The Morgan fingerprint density at radius 3 is 2.32 bits per heavy atom. The Bertz CT molecular complexity index is 434. The van der Waals surface area contributed by atoms with Crippen LogP contribution in [-0.2, 0) is 16.0 Å². The lowest BCUT2D eigenvalue weighted by molar-refractivity contribution is -0.144. The molecule has 0 spiro atoms. The van der Waals surface area contributed by atoms with Gasteiger partial charge in [-0.3, -0.25) is 4.79 Å². The van der Waals surface area contributed by atoms with E-state index < -0.39 is 0 Å². The zero-order chi connectivity index (χ0) is 16.4. The third kappa shape index (κ3) is 7.61. The van der Waals surface area contributed by atoms with Gasteiger partial charge in [0.1, 0.15) is 5.44 Å². The highest BCUT2D eigenvalue weighted by Crippen LogP contribution is 2.17. The van der Waals surface area contributed by atoms with E-state index in [1.165, 1.54) is 5.56 Å². The van der Waals surface area contributed by atoms with E-state index >= 15 is 0 Å². The van der Waals surface area contributed by atoms with Gasteiger partial charge in [0.05, 0.1) is 0 Å². The quantitative estimate of drug-likeness (QED) is 0.293. The van der Waals surface area contributed by atoms with Gasteiger partial charge >= 0.3 is 5.97 Å². The van der Waals surface area contributed by atoms with Crippen LogP contribution >= 0.6 is 35.8 Å². The molecule has 3 nitrogen and oxygen atoms in total. The van der Waals surface area contributed by atoms with Crippen LogP contribution in [0, 0.1) is 0 Å². The standard InChI is InChI=1S/C16H23Cl2NO2S/c1-13(22)21-16(20)4-2-3-14-5-7-15(8-6-14)19(11-9-17)12-10-18/h5-8,13,22H,2-4,9-12H2,1H3. The molecule has 0 aromatic heterocycles. The Morgan fingerprint density at radius 2 is 1.82 bits per heavy atom. The van der Waals surface area contributed by atoms with Crippen molar-refractivity contribution >= 4 is 47.5 Å². The second-order valence-electron chi connectivity index (χ2n) is 4.97. The number of nitrogens with zero attached hydrogens (tertiary/aromatic N) is 1. The number of carbonyl (C=O) groups is 1. The number of thiol groups is 1. The molecule has 0 N–H and O–H groups in total. The molecule has 1 aromatic rings. The van der Waals surface area contributed by atoms with Crippen LogP contribution in [0.3, 0.4) is 0 Å². The van der Waals surface area contributed by atoms with E-state index in [-0.39, 0.29) is 11.4 Å². The highest BCUT2D eigenvalue weighted by molar-refractivity contribution is 7.80. The van der Waals surface area contributed by atoms with Crippen LogP contribution in [0.1, 0.15) is 25.3 Å². The number of hydrogen-bond acceptors (Lipinski definition) is 4. The average molecular weight is 364 g/mol. The van der Waals surface area contributed by atoms with Gasteiger partial charge in [-0.15, -0.1) is 35.8 Å². The van der Waals surface area contributed by atoms with Gasteiger partial charge in [0, 0.05) is 37.0 Å². The Hall–Kier alpha value is -0.580. The van der Waals surface area contributed by atoms with E-state index in [2.05, 4.69) is 41.8 Å². The monoisotopic (exact) mass is 363 g/mol. The van der Waals surface area contributed by atoms with Crippen LogP contribution in [0.5, 0.6) is 0 Å². The second-order valence-corrected chi connectivity index (χ2v) is 6.46. The van der Waals surface area contributed by atoms with Crippen LogP contribution in [0.25, 0.3) is 0 Å². The van der Waals surface area contributed by atoms with E-state index in [0.717, 1.165) is 31.6 Å². The fraction of sp³-hybridized carbons (Fsp3) is 0.562. The van der Waals surface area contributed by atoms with Crippen molar-refractivity contribution < 1.29 is 9.53 Å². The van der Waals surface area contributed by atoms with Crippen LogP contribution in [-0.4, -0.2) is 36.3 Å². The molecule has 6 heteroatoms. The first kappa shape index (κ1) is 19.5. The molecule has 0 heterocycles. The normalized spacial score (nSPS) is 12.0. The van der Waals surface area contributed by atoms with Gasteiger partial charge in [0.15, 0.2) is 0 Å². The van der Waals surface area contributed by atoms with Crippen molar-refractivity contribution in [3.05, 3.63) is 29.8 Å². The molecule has 0 fully saturated rings. The van der Waals surface area contributed by atoms with Crippen molar-refractivity contribution in [2.75, 3.05) is 29.7 Å². The molecule has 0 radical (unpaired) electrons. The molecule has 1 unspecified atom stereocenters. The molecule has 0 aliphatic carbocycles. The summed E-state index contributed by atoms with van der Waals surface area (Å²) in [6, 6.07) is 8.31. The lowest BCUT2D eigenvalue weighted by atomic mass is 10.1. The lowest BCUT2D eigenvalue weighted by Crippen LogP contribution is -2.27. The van der Waals surface area contributed by atoms with E-state index in [1.807, 2.05) is 0 Å². The first-order chi connectivity index (χ1) is 10.6. The molecule has 124 valence electrons. The van der Waals surface area contributed by atoms with E-state index in [4.69, 9.17) is 27.9 Å². The lowest BCUT2D eigenvalue weighted by Gasteiger charge is -2.23. The van der Waals surface area contributed by atoms with E-state index in [1.54, 1.807) is 6.92 Å². The molecule has 1 aromatic carbocycles. The summed E-state index contributed by atoms with van der Waals surface area (Å²) in [4.78, 5) is 13.6. The summed E-state index contributed by atoms with van der Waals surface area (Å²) >= 11 is 15.7. The Kier molecular flexibility index (Phi) is 9.76. The molecule has 0 aliphatic rings. The molecule has 22 heavy (non-hydrogen) atoms. The first-order valence-electron chi connectivity index (χ1n) is 7.40. The number of esters is 1. The number of rotatable bonds is 10. The minimum absolute atomic E-state index is 0.200. The summed E-state index contributed by atoms with van der Waals surface area (Å²) in [5, 5.41) is 0. The van der Waals surface area contributed by atoms with Crippen molar-refractivity contribution in [1.29, 1.82) is 0 Å². The first-order valence-corrected chi connectivity index (χ1v) is 8.98. The van der Waals surface area contributed by atoms with Gasteiger partial charge in [-0.25, -0.2) is 0 Å². The highest BCUT2D eigenvalue weighted by Gasteiger charge is 2.07. The summed E-state index contributed by atoms with van der Waals surface area (Å²) in [5.41, 5.74) is 1.97. The van der Waals surface area contributed by atoms with Crippen LogP contribution in [0.4, 0.5) is 5.69 Å². The average Bonchev–Trinajstić information content (AvgIpc) is 2.47. The number of aryl methyl sites for hydroxylation is 1. The molecule has 0 saturated carbocycles. The Labute approximate surface area is 148 Å². The summed E-state index contributed by atoms with van der Waals surface area (Å²) < 4.78 is 4.99. The predicted octanol–water partition coefficient (Wildman–Crippen LogP) is 4.11. The summed E-state index contributed by atoms with van der Waals surface area (Å²) in [6.45, 7) is 3.29. The largest absolute Gasteiger partial charge is 0.452 e. The van der Waals surface area contributed by atoms with Crippen LogP contribution < -0.4 is 4.90 Å². The third-order valence-corrected chi connectivity index (χ3v) is 3.60. The van der Waals surface area contributed by atoms with Gasteiger partial charge in [-0.05, 0) is 37.5 Å². The Balaban J connectivity index is 2.45. The molecule has 0 saturated heterocycles. The number of ether oxygens (including phenoxy) is 1. The minimum Gasteiger partial charge on any atom is -0.452 e. The van der Waals surface area contributed by atoms with E-state index in [9.17, 15) is 4.79 Å². The van der Waals surface area contributed by atoms with Gasteiger partial charge in [0.2, 0.25) is 0 Å². The molecule has 1 rings (SSSR count). The topological polar surface area (TPSA) is 29.5 Å². The third-order valence-electron chi connectivity index (χ3n) is 3.16. The molecule has 0 aliphatic heterocycles. The summed E-state index contributed by atoms with van der Waals surface area (Å²) in [5.74, 6) is 0.948. The zero-order valence-electron chi connectivity index (χ0n) is 12.8. The SMILES string of the molecule is CC(S)OC(=O)CCCc1ccc(N(CCCl)CCCl)cc1. The molecule has 0 bridgehead atoms. The molecular weight excluding hydrogens is 341 g/mol. The smallest absolute Gasteiger partial charge is 0.306 e. The predicted molar refractivity (Wildman–Crippen MR) is 97.6 cm³/mol. The van der Waals surface area contributed by atoms with E-state index in [0.29, 0.717) is 18.2 Å². The van der Waals surface area contributed by atoms with Gasteiger partial charge in [-0.2, -0.15) is 0 Å². The second kappa shape index (κ2) is 11.0. The van der Waals surface area contributed by atoms with Gasteiger partial charge in [0.25, 0.3) is 0 Å². The minimum atomic E-state index is -0.346. The van der Waals surface area contributed by atoms with Crippen molar-refractivity contribution in [2.24, 2.45) is 0 Å². The molecular formula is C16H23Cl2NO2S. The molecule has 0 amide bonds. The van der Waals surface area contributed by atoms with Crippen molar-refractivity contribution in [3.8, 4) is 0 Å².